The summed E-state index contributed by atoms with van der Waals surface area (Å²) in [7, 11) is 0. The molecular formula is C10H14N6O. The van der Waals surface area contributed by atoms with Crippen molar-refractivity contribution < 1.29 is 4.79 Å². The fourth-order valence-electron chi connectivity index (χ4n) is 1.50. The summed E-state index contributed by atoms with van der Waals surface area (Å²) in [5, 5.41) is 12.6. The standard InChI is InChI=1S/C10H14N6O/c1-3-11-7(17)4-12-10-9-8(13-5-14-10)6(2)15-16-9/h5H,3-4H2,1-2H3,(H,11,17)(H,15,16)(H,12,13,14). The van der Waals surface area contributed by atoms with Crippen LogP contribution in [0.25, 0.3) is 11.0 Å². The number of hydrogen-bond donors (Lipinski definition) is 3. The molecule has 2 aromatic heterocycles. The van der Waals surface area contributed by atoms with Gasteiger partial charge in [0.25, 0.3) is 0 Å². The van der Waals surface area contributed by atoms with Gasteiger partial charge in [-0.25, -0.2) is 9.97 Å². The van der Waals surface area contributed by atoms with Crippen LogP contribution in [0, 0.1) is 6.92 Å². The van der Waals surface area contributed by atoms with Crippen molar-refractivity contribution in [1.29, 1.82) is 0 Å². The molecule has 0 atom stereocenters. The van der Waals surface area contributed by atoms with E-state index in [9.17, 15) is 4.79 Å². The highest BCUT2D eigenvalue weighted by Crippen LogP contribution is 2.17. The average molecular weight is 234 g/mol. The first-order valence-corrected chi connectivity index (χ1v) is 5.38. The highest BCUT2D eigenvalue weighted by atomic mass is 16.1. The van der Waals surface area contributed by atoms with E-state index < -0.39 is 0 Å². The molecule has 2 aromatic rings. The van der Waals surface area contributed by atoms with E-state index in [2.05, 4.69) is 30.8 Å². The highest BCUT2D eigenvalue weighted by molar-refractivity contribution is 5.88. The van der Waals surface area contributed by atoms with Crippen molar-refractivity contribution in [3.8, 4) is 0 Å². The monoisotopic (exact) mass is 234 g/mol. The first-order chi connectivity index (χ1) is 8.22. The molecule has 1 amide bonds. The van der Waals surface area contributed by atoms with Crippen molar-refractivity contribution in [3.05, 3.63) is 12.0 Å². The Hall–Kier alpha value is -2.18. The number of likely N-dealkylation sites (N-methyl/N-ethyl adjacent to an activating group) is 1. The topological polar surface area (TPSA) is 95.6 Å². The van der Waals surface area contributed by atoms with Gasteiger partial charge >= 0.3 is 0 Å². The molecule has 0 aromatic carbocycles. The third-order valence-corrected chi connectivity index (χ3v) is 2.30. The minimum Gasteiger partial charge on any atom is -0.359 e. The lowest BCUT2D eigenvalue weighted by molar-refractivity contribution is -0.119. The number of aromatic nitrogens is 4. The summed E-state index contributed by atoms with van der Waals surface area (Å²) >= 11 is 0. The fourth-order valence-corrected chi connectivity index (χ4v) is 1.50. The summed E-state index contributed by atoms with van der Waals surface area (Å²) in [6.45, 7) is 4.54. The van der Waals surface area contributed by atoms with E-state index in [-0.39, 0.29) is 12.5 Å². The molecule has 0 bridgehead atoms. The number of aryl methyl sites for hydroxylation is 1. The highest BCUT2D eigenvalue weighted by Gasteiger charge is 2.09. The summed E-state index contributed by atoms with van der Waals surface area (Å²) in [4.78, 5) is 19.5. The lowest BCUT2D eigenvalue weighted by Crippen LogP contribution is -2.29. The Morgan fingerprint density at radius 3 is 3.00 bits per heavy atom. The van der Waals surface area contributed by atoms with Crippen molar-refractivity contribution in [2.75, 3.05) is 18.4 Å². The molecule has 0 saturated heterocycles. The molecule has 0 aliphatic carbocycles. The van der Waals surface area contributed by atoms with Crippen LogP contribution in [0.1, 0.15) is 12.6 Å². The van der Waals surface area contributed by atoms with Crippen molar-refractivity contribution >= 4 is 22.8 Å². The number of rotatable bonds is 4. The number of hydrogen-bond acceptors (Lipinski definition) is 5. The predicted molar refractivity (Wildman–Crippen MR) is 63.6 cm³/mol. The number of amides is 1. The van der Waals surface area contributed by atoms with Gasteiger partial charge in [-0.15, -0.1) is 0 Å². The summed E-state index contributed by atoms with van der Waals surface area (Å²) in [5.74, 6) is 0.483. The molecule has 0 spiro atoms. The first-order valence-electron chi connectivity index (χ1n) is 5.38. The quantitative estimate of drug-likeness (QED) is 0.702. The molecule has 0 radical (unpaired) electrons. The molecule has 2 heterocycles. The van der Waals surface area contributed by atoms with Crippen LogP contribution in [0.2, 0.25) is 0 Å². The maximum Gasteiger partial charge on any atom is 0.239 e. The van der Waals surface area contributed by atoms with Gasteiger partial charge < -0.3 is 10.6 Å². The van der Waals surface area contributed by atoms with E-state index >= 15 is 0 Å². The molecule has 0 aliphatic rings. The number of carbonyl (C=O) groups is 1. The van der Waals surface area contributed by atoms with E-state index in [1.54, 1.807) is 0 Å². The number of nitrogens with one attached hydrogen (secondary N) is 3. The number of nitrogens with zero attached hydrogens (tertiary/aromatic N) is 3. The number of carbonyl (C=O) groups excluding carboxylic acids is 1. The predicted octanol–water partition coefficient (Wildman–Crippen LogP) is 0.209. The Labute approximate surface area is 98.0 Å². The third kappa shape index (κ3) is 2.32. The Balaban J connectivity index is 2.16. The molecule has 0 unspecified atom stereocenters. The van der Waals surface area contributed by atoms with Crippen molar-refractivity contribution in [2.24, 2.45) is 0 Å². The van der Waals surface area contributed by atoms with Crippen LogP contribution in [-0.2, 0) is 4.79 Å². The maximum atomic E-state index is 11.3. The maximum absolute atomic E-state index is 11.3. The van der Waals surface area contributed by atoms with Gasteiger partial charge in [-0.2, -0.15) is 5.10 Å². The molecule has 7 heteroatoms. The minimum atomic E-state index is -0.0773. The molecule has 2 rings (SSSR count). The normalized spacial score (nSPS) is 10.5. The van der Waals surface area contributed by atoms with Gasteiger partial charge in [-0.3, -0.25) is 9.89 Å². The second-order valence-corrected chi connectivity index (χ2v) is 3.58. The molecule has 17 heavy (non-hydrogen) atoms. The van der Waals surface area contributed by atoms with E-state index in [0.717, 1.165) is 11.2 Å². The Bertz CT molecular complexity index is 535. The van der Waals surface area contributed by atoms with Crippen molar-refractivity contribution in [2.45, 2.75) is 13.8 Å². The fraction of sp³-hybridized carbons (Fsp3) is 0.400. The van der Waals surface area contributed by atoms with Crippen LogP contribution in [0.15, 0.2) is 6.33 Å². The number of anilines is 1. The van der Waals surface area contributed by atoms with Crippen LogP contribution in [-0.4, -0.2) is 39.2 Å². The summed E-state index contributed by atoms with van der Waals surface area (Å²) in [5.41, 5.74) is 2.29. The zero-order chi connectivity index (χ0) is 12.3. The smallest absolute Gasteiger partial charge is 0.239 e. The lowest BCUT2D eigenvalue weighted by atomic mass is 10.3. The first kappa shape index (κ1) is 11.3. The van der Waals surface area contributed by atoms with E-state index in [1.165, 1.54) is 6.33 Å². The molecule has 90 valence electrons. The molecule has 7 nitrogen and oxygen atoms in total. The van der Waals surface area contributed by atoms with Crippen molar-refractivity contribution in [3.63, 3.8) is 0 Å². The number of fused-ring (bicyclic) bond motifs is 1. The van der Waals surface area contributed by atoms with Gasteiger partial charge in [-0.1, -0.05) is 0 Å². The SMILES string of the molecule is CCNC(=O)CNc1ncnc2c(C)[nH]nc12. The molecule has 0 fully saturated rings. The second-order valence-electron chi connectivity index (χ2n) is 3.58. The van der Waals surface area contributed by atoms with E-state index in [0.29, 0.717) is 17.9 Å². The third-order valence-electron chi connectivity index (χ3n) is 2.30. The average Bonchev–Trinajstić information content (AvgIpc) is 2.70. The Kier molecular flexibility index (Phi) is 3.17. The van der Waals surface area contributed by atoms with Gasteiger partial charge in [0.15, 0.2) is 11.3 Å². The number of H-pyrrole nitrogens is 1. The molecular weight excluding hydrogens is 220 g/mol. The van der Waals surface area contributed by atoms with Gasteiger partial charge in [0.1, 0.15) is 11.8 Å². The molecule has 0 saturated carbocycles. The summed E-state index contributed by atoms with van der Waals surface area (Å²) in [6, 6.07) is 0. The minimum absolute atomic E-state index is 0.0773. The number of aromatic amines is 1. The van der Waals surface area contributed by atoms with Crippen LogP contribution in [0.5, 0.6) is 0 Å². The summed E-state index contributed by atoms with van der Waals surface area (Å²) < 4.78 is 0. The van der Waals surface area contributed by atoms with Gasteiger partial charge in [0.05, 0.1) is 12.2 Å². The van der Waals surface area contributed by atoms with Crippen LogP contribution < -0.4 is 10.6 Å². The van der Waals surface area contributed by atoms with E-state index in [4.69, 9.17) is 0 Å². The van der Waals surface area contributed by atoms with Gasteiger partial charge in [-0.05, 0) is 13.8 Å². The van der Waals surface area contributed by atoms with Gasteiger partial charge in [0, 0.05) is 6.54 Å². The lowest BCUT2D eigenvalue weighted by Gasteiger charge is -2.05. The summed E-state index contributed by atoms with van der Waals surface area (Å²) in [6.07, 6.45) is 1.45. The van der Waals surface area contributed by atoms with Crippen LogP contribution in [0.4, 0.5) is 5.82 Å². The largest absolute Gasteiger partial charge is 0.359 e. The zero-order valence-corrected chi connectivity index (χ0v) is 9.74. The second kappa shape index (κ2) is 4.77. The Morgan fingerprint density at radius 2 is 2.24 bits per heavy atom. The van der Waals surface area contributed by atoms with Crippen LogP contribution >= 0.6 is 0 Å². The zero-order valence-electron chi connectivity index (χ0n) is 9.74. The van der Waals surface area contributed by atoms with Crippen molar-refractivity contribution in [1.82, 2.24) is 25.5 Å². The molecule has 0 aliphatic heterocycles. The molecule has 3 N–H and O–H groups in total. The Morgan fingerprint density at radius 1 is 1.41 bits per heavy atom. The van der Waals surface area contributed by atoms with E-state index in [1.807, 2.05) is 13.8 Å². The van der Waals surface area contributed by atoms with Crippen LogP contribution in [0.3, 0.4) is 0 Å². The van der Waals surface area contributed by atoms with Gasteiger partial charge in [0.2, 0.25) is 5.91 Å².